The molecule has 124 valence electrons. The average molecular weight is 391 g/mol. The van der Waals surface area contributed by atoms with Gasteiger partial charge >= 0.3 is 0 Å². The average Bonchev–Trinajstić information content (AvgIpc) is 2.45. The van der Waals surface area contributed by atoms with Crippen LogP contribution < -0.4 is 11.5 Å². The van der Waals surface area contributed by atoms with Gasteiger partial charge in [0, 0.05) is 31.3 Å². The van der Waals surface area contributed by atoms with E-state index in [-0.39, 0.29) is 22.0 Å². The second kappa shape index (κ2) is 8.31. The molecule has 0 aliphatic heterocycles. The largest absolute Gasteiger partial charge is 0.506 e. The molecular formula is C13H14N2O4S4. The maximum Gasteiger partial charge on any atom is 0.296 e. The van der Waals surface area contributed by atoms with E-state index in [1.165, 1.54) is 18.2 Å². The van der Waals surface area contributed by atoms with Gasteiger partial charge in [-0.25, -0.2) is 0 Å². The van der Waals surface area contributed by atoms with Gasteiger partial charge in [-0.05, 0) is 41.8 Å². The lowest BCUT2D eigenvalue weighted by molar-refractivity contribution is 0.477. The lowest BCUT2D eigenvalue weighted by atomic mass is 10.0. The summed E-state index contributed by atoms with van der Waals surface area (Å²) in [4.78, 5) is -0.324. The number of anilines is 2. The first-order valence-electron chi connectivity index (χ1n) is 6.04. The summed E-state index contributed by atoms with van der Waals surface area (Å²) in [5.74, 6) is -0.0343. The van der Waals surface area contributed by atoms with E-state index >= 15 is 0 Å². The normalized spacial score (nSPS) is 10.5. The number of nitrogens with two attached hydrogens (primary N) is 2. The van der Waals surface area contributed by atoms with Crippen molar-refractivity contribution < 1.29 is 18.1 Å². The molecule has 0 aliphatic rings. The molecule has 0 saturated heterocycles. The number of aromatic hydroxyl groups is 1. The number of hydrogen-bond donors (Lipinski definition) is 4. The van der Waals surface area contributed by atoms with Crippen molar-refractivity contribution in [2.45, 2.75) is 11.3 Å². The zero-order valence-electron chi connectivity index (χ0n) is 11.7. The molecule has 6 N–H and O–H groups in total. The van der Waals surface area contributed by atoms with E-state index < -0.39 is 10.1 Å². The molecule has 10 heteroatoms. The minimum Gasteiger partial charge on any atom is -0.506 e. The number of benzene rings is 2. The van der Waals surface area contributed by atoms with Crippen molar-refractivity contribution in [1.82, 2.24) is 0 Å². The van der Waals surface area contributed by atoms with Crippen LogP contribution in [-0.4, -0.2) is 18.1 Å². The van der Waals surface area contributed by atoms with Gasteiger partial charge in [-0.3, -0.25) is 4.55 Å². The Bertz CT molecular complexity index is 847. The van der Waals surface area contributed by atoms with Crippen molar-refractivity contribution in [2.24, 2.45) is 0 Å². The van der Waals surface area contributed by atoms with E-state index in [9.17, 15) is 13.5 Å². The van der Waals surface area contributed by atoms with Gasteiger partial charge in [-0.15, -0.1) is 0 Å². The molecule has 2 aromatic rings. The van der Waals surface area contributed by atoms with Crippen LogP contribution in [0.3, 0.4) is 0 Å². The predicted molar refractivity (Wildman–Crippen MR) is 98.1 cm³/mol. The smallest absolute Gasteiger partial charge is 0.296 e. The molecule has 0 spiro atoms. The second-order valence-electron chi connectivity index (χ2n) is 4.49. The van der Waals surface area contributed by atoms with Crippen molar-refractivity contribution in [3.63, 3.8) is 0 Å². The SMILES string of the molecule is Nc1ccc(Cc2ccc(N)c(S(=O)(=O)O)c2)cc1O.S=S=S. The van der Waals surface area contributed by atoms with Crippen LogP contribution in [0.5, 0.6) is 5.75 Å². The summed E-state index contributed by atoms with van der Waals surface area (Å²) in [7, 11) is -3.44. The molecule has 0 bridgehead atoms. The van der Waals surface area contributed by atoms with E-state index in [2.05, 4.69) is 22.4 Å². The molecule has 0 heterocycles. The van der Waals surface area contributed by atoms with Gasteiger partial charge in [0.15, 0.2) is 0 Å². The summed E-state index contributed by atoms with van der Waals surface area (Å²) in [6, 6.07) is 9.15. The van der Waals surface area contributed by atoms with Gasteiger partial charge in [-0.2, -0.15) is 8.42 Å². The number of rotatable bonds is 3. The lowest BCUT2D eigenvalue weighted by Gasteiger charge is -2.08. The molecule has 0 aromatic heterocycles. The van der Waals surface area contributed by atoms with E-state index in [0.717, 1.165) is 14.4 Å². The number of phenols is 1. The molecule has 0 saturated carbocycles. The molecule has 0 unspecified atom stereocenters. The quantitative estimate of drug-likeness (QED) is 0.352. The molecule has 0 atom stereocenters. The number of hydrogen-bond acceptors (Lipinski definition) is 7. The molecule has 2 aromatic carbocycles. The summed E-state index contributed by atoms with van der Waals surface area (Å²) >= 11 is 8.25. The molecule has 0 radical (unpaired) electrons. The third kappa shape index (κ3) is 5.84. The molecule has 2 rings (SSSR count). The van der Waals surface area contributed by atoms with Crippen molar-refractivity contribution in [3.8, 4) is 5.75 Å². The van der Waals surface area contributed by atoms with E-state index in [1.807, 2.05) is 0 Å². The van der Waals surface area contributed by atoms with Crippen LogP contribution >= 0.6 is 0 Å². The van der Waals surface area contributed by atoms with Crippen LogP contribution in [-0.2, 0) is 47.8 Å². The summed E-state index contributed by atoms with van der Waals surface area (Å²) in [6.07, 6.45) is 0.372. The molecule has 0 aliphatic carbocycles. The summed E-state index contributed by atoms with van der Waals surface area (Å²) < 4.78 is 31.4. The van der Waals surface area contributed by atoms with E-state index in [4.69, 9.17) is 16.0 Å². The maximum absolute atomic E-state index is 11.2. The molecule has 0 amide bonds. The van der Waals surface area contributed by atoms with E-state index in [0.29, 0.717) is 12.0 Å². The topological polar surface area (TPSA) is 127 Å². The Morgan fingerprint density at radius 3 is 1.96 bits per heavy atom. The van der Waals surface area contributed by atoms with Gasteiger partial charge in [0.05, 0.1) is 11.4 Å². The van der Waals surface area contributed by atoms with E-state index in [1.54, 1.807) is 18.2 Å². The Hall–Kier alpha value is -1.59. The Balaban J connectivity index is 0.000000816. The van der Waals surface area contributed by atoms with Crippen LogP contribution in [0.4, 0.5) is 11.4 Å². The van der Waals surface area contributed by atoms with Crippen LogP contribution in [0.15, 0.2) is 41.3 Å². The highest BCUT2D eigenvalue weighted by molar-refractivity contribution is 8.37. The van der Waals surface area contributed by atoms with Gasteiger partial charge in [0.1, 0.15) is 10.6 Å². The Morgan fingerprint density at radius 2 is 1.48 bits per heavy atom. The standard InChI is InChI=1S/C13H14N2O4S.S3/c14-10-3-1-8(6-12(10)16)5-9-2-4-11(15)13(7-9)20(17,18)19;1-3-2/h1-4,6-7,16H,5,14-15H2,(H,17,18,19);. The molecule has 6 nitrogen and oxygen atoms in total. The Morgan fingerprint density at radius 1 is 1.00 bits per heavy atom. The third-order valence-corrected chi connectivity index (χ3v) is 3.77. The number of phenolic OH excluding ortho intramolecular Hbond substituents is 1. The van der Waals surface area contributed by atoms with Crippen molar-refractivity contribution >= 4 is 52.7 Å². The highest BCUT2D eigenvalue weighted by atomic mass is 33.1. The highest BCUT2D eigenvalue weighted by Crippen LogP contribution is 2.24. The summed E-state index contributed by atoms with van der Waals surface area (Å²) in [5.41, 5.74) is 12.7. The van der Waals surface area contributed by atoms with Crippen LogP contribution in [0.1, 0.15) is 11.1 Å². The van der Waals surface area contributed by atoms with Crippen molar-refractivity contribution in [3.05, 3.63) is 47.5 Å². The second-order valence-corrected chi connectivity index (χ2v) is 7.64. The highest BCUT2D eigenvalue weighted by Gasteiger charge is 2.14. The van der Waals surface area contributed by atoms with Gasteiger partial charge in [0.25, 0.3) is 10.1 Å². The van der Waals surface area contributed by atoms with Gasteiger partial charge in [0.2, 0.25) is 0 Å². The van der Waals surface area contributed by atoms with Gasteiger partial charge < -0.3 is 16.6 Å². The van der Waals surface area contributed by atoms with Gasteiger partial charge in [-0.1, -0.05) is 12.1 Å². The molecule has 0 fully saturated rings. The van der Waals surface area contributed by atoms with Crippen LogP contribution in [0, 0.1) is 0 Å². The third-order valence-electron chi connectivity index (χ3n) is 2.86. The fourth-order valence-corrected chi connectivity index (χ4v) is 2.51. The number of nitrogen functional groups attached to an aromatic ring is 2. The lowest BCUT2D eigenvalue weighted by Crippen LogP contribution is -2.04. The summed E-state index contributed by atoms with van der Waals surface area (Å²) in [5, 5.41) is 9.53. The Labute approximate surface area is 146 Å². The zero-order chi connectivity index (χ0) is 17.6. The maximum atomic E-state index is 11.2. The minimum absolute atomic E-state index is 0.0172. The first kappa shape index (κ1) is 19.5. The Kier molecular flexibility index (Phi) is 7.03. The first-order chi connectivity index (χ1) is 10.7. The van der Waals surface area contributed by atoms with Crippen LogP contribution in [0.2, 0.25) is 0 Å². The predicted octanol–water partition coefficient (Wildman–Crippen LogP) is 1.39. The zero-order valence-corrected chi connectivity index (χ0v) is 14.9. The van der Waals surface area contributed by atoms with Crippen molar-refractivity contribution in [2.75, 3.05) is 11.5 Å². The van der Waals surface area contributed by atoms with Crippen LogP contribution in [0.25, 0.3) is 0 Å². The monoisotopic (exact) mass is 390 g/mol. The molecule has 23 heavy (non-hydrogen) atoms. The minimum atomic E-state index is -4.36. The molecular weight excluding hydrogens is 376 g/mol. The fraction of sp³-hybridized carbons (Fsp3) is 0.0769. The summed E-state index contributed by atoms with van der Waals surface area (Å²) in [6.45, 7) is 0. The first-order valence-corrected chi connectivity index (χ1v) is 10.1. The van der Waals surface area contributed by atoms with Crippen molar-refractivity contribution in [1.29, 1.82) is 0 Å². The fourth-order valence-electron chi connectivity index (χ4n) is 1.85.